The molecule has 21 heteroatoms. The molecule has 0 aliphatic rings. The minimum Gasteiger partial charge on any atom is -0.755 e. The molecule has 0 aliphatic heterocycles. The van der Waals surface area contributed by atoms with Gasteiger partial charge in [0, 0.05) is 58.4 Å². The van der Waals surface area contributed by atoms with E-state index in [2.05, 4.69) is 69.6 Å². The summed E-state index contributed by atoms with van der Waals surface area (Å²) < 4.78 is 54.5. The van der Waals surface area contributed by atoms with Crippen LogP contribution in [0.25, 0.3) is 64.9 Å². The number of nitriles is 2. The lowest BCUT2D eigenvalue weighted by Crippen LogP contribution is -2.54. The molecule has 0 aliphatic carbocycles. The summed E-state index contributed by atoms with van der Waals surface area (Å²) in [4.78, 5) is 34.5. The van der Waals surface area contributed by atoms with E-state index in [1.807, 2.05) is 162 Å². The summed E-state index contributed by atoms with van der Waals surface area (Å²) in [6.07, 6.45) is 2.29. The van der Waals surface area contributed by atoms with Crippen LogP contribution in [0.2, 0.25) is 0 Å². The Morgan fingerprint density at radius 3 is 1.25 bits per heavy atom. The molecule has 3 N–H and O–H groups in total. The van der Waals surface area contributed by atoms with E-state index in [0.29, 0.717) is 115 Å². The number of nitrogens with zero attached hydrogens (tertiary/aromatic N) is 6. The first kappa shape index (κ1) is 62.6. The largest absolute Gasteiger partial charge is 0.755 e. The van der Waals surface area contributed by atoms with Gasteiger partial charge in [0.2, 0.25) is 11.8 Å². The molecule has 0 fully saturated rings. The van der Waals surface area contributed by atoms with Crippen molar-refractivity contribution in [1.82, 2.24) is 23.6 Å². The fourth-order valence-corrected chi connectivity index (χ4v) is 14.1. The third-order valence-electron chi connectivity index (χ3n) is 16.1. The second kappa shape index (κ2) is 28.7. The molecular weight excluding hydrogens is 1220 g/mol. The van der Waals surface area contributed by atoms with Crippen LogP contribution in [0.5, 0.6) is 23.0 Å². The summed E-state index contributed by atoms with van der Waals surface area (Å²) in [7, 11) is 3.22. The summed E-state index contributed by atoms with van der Waals surface area (Å²) in [5, 5.41) is 28.2. The van der Waals surface area contributed by atoms with Gasteiger partial charge in [0.1, 0.15) is 56.3 Å². The lowest BCUT2D eigenvalue weighted by Gasteiger charge is -2.24. The van der Waals surface area contributed by atoms with E-state index in [-0.39, 0.29) is 36.5 Å². The number of carbonyl (C=O) groups is 2. The number of amides is 2. The Labute approximate surface area is 548 Å². The molecule has 0 saturated heterocycles. The van der Waals surface area contributed by atoms with E-state index >= 15 is 0 Å². The highest BCUT2D eigenvalue weighted by atomic mass is 32.2. The van der Waals surface area contributed by atoms with E-state index in [4.69, 9.17) is 34.6 Å². The number of hydrogen-bond donors (Lipinski definition) is 2. The Balaban J connectivity index is 1.29. The molecule has 0 bridgehead atoms. The zero-order valence-corrected chi connectivity index (χ0v) is 53.1. The minimum absolute atomic E-state index is 0.00635. The monoisotopic (exact) mass is 1280 g/mol. The van der Waals surface area contributed by atoms with E-state index in [9.17, 15) is 28.9 Å². The number of nitrogens with one attached hydrogen (secondary N) is 1. The van der Waals surface area contributed by atoms with Crippen molar-refractivity contribution < 1.29 is 37.3 Å². The summed E-state index contributed by atoms with van der Waals surface area (Å²) in [6, 6.07) is 73.3. The standard InChI is InChI=1S/C72H60B2N8O8S3/c1-87-55-37-39-61-59(43-55)78-71(91-61)57(45-75)69-65-66(68(82(69)74(51-23-11-5-12-24-51)52-25-13-6-14-26-52)48-31-35-54(36-32-48)90-42-18-16-28-64(84)80-93(85)86)70(58(46-76)72-79-60-44-56(88-2)38-40-62(60)92-72)81(73(49-19-7-3-8-20-49)50-21-9-4-10-22-50)67(65)47-29-33-53(34-30-47)89-41-17-15-27-63(77)83/h3-14,19-26,29-40,43-44H,15-18,27-28,41-42H2,1-2H3,(H2,77,83)(H,80,84)(H,85,86)/p-1/b69-57-,70-58-. The number of aromatic nitrogens is 4. The van der Waals surface area contributed by atoms with Crippen LogP contribution in [0.1, 0.15) is 48.5 Å². The molecule has 2 amide bonds. The number of carbonyl (C=O) groups excluding carboxylic acids is 2. The van der Waals surface area contributed by atoms with Crippen LogP contribution in [-0.4, -0.2) is 80.6 Å². The van der Waals surface area contributed by atoms with Crippen molar-refractivity contribution in [3.05, 3.63) is 227 Å². The van der Waals surface area contributed by atoms with Gasteiger partial charge in [0.15, 0.2) is 0 Å². The molecule has 16 nitrogen and oxygen atoms in total. The predicted molar refractivity (Wildman–Crippen MR) is 370 cm³/mol. The molecule has 460 valence electrons. The molecule has 0 spiro atoms. The Morgan fingerprint density at radius 2 is 0.903 bits per heavy atom. The summed E-state index contributed by atoms with van der Waals surface area (Å²) >= 11 is 0.0881. The third-order valence-corrected chi connectivity index (χ3v) is 18.6. The average molecular weight is 1280 g/mol. The molecule has 8 aromatic carbocycles. The molecular formula is C72H59B2N8O8S3-. The molecule has 4 aromatic heterocycles. The van der Waals surface area contributed by atoms with Crippen LogP contribution in [0.4, 0.5) is 0 Å². The van der Waals surface area contributed by atoms with Crippen LogP contribution in [-0.2, 0) is 20.9 Å². The van der Waals surface area contributed by atoms with Gasteiger partial charge in [-0.25, -0.2) is 9.97 Å². The smallest absolute Gasteiger partial charge is 0.328 e. The number of fused-ring (bicyclic) bond motifs is 3. The summed E-state index contributed by atoms with van der Waals surface area (Å²) in [5.74, 6) is 1.37. The molecule has 4 heterocycles. The van der Waals surface area contributed by atoms with Gasteiger partial charge in [-0.3, -0.25) is 18.5 Å². The fraction of sp³-hybridized carbons (Fsp3) is 0.139. The Morgan fingerprint density at radius 1 is 0.538 bits per heavy atom. The van der Waals surface area contributed by atoms with Crippen molar-refractivity contribution in [2.45, 2.75) is 38.5 Å². The number of thiazole rings is 2. The van der Waals surface area contributed by atoms with Crippen LogP contribution in [0, 0.1) is 22.7 Å². The molecule has 12 aromatic rings. The molecule has 0 saturated carbocycles. The van der Waals surface area contributed by atoms with Gasteiger partial charge in [-0.1, -0.05) is 143 Å². The van der Waals surface area contributed by atoms with Gasteiger partial charge < -0.3 is 38.2 Å². The van der Waals surface area contributed by atoms with Gasteiger partial charge in [-0.2, -0.15) is 10.5 Å². The number of unbranched alkanes of at least 4 members (excludes halogenated alkanes) is 2. The Bertz CT molecular complexity index is 4760. The van der Waals surface area contributed by atoms with Gasteiger partial charge in [-0.15, -0.1) is 22.7 Å². The van der Waals surface area contributed by atoms with Crippen molar-refractivity contribution in [3.63, 3.8) is 0 Å². The normalized spacial score (nSPS) is 12.2. The first-order chi connectivity index (χ1) is 45.5. The van der Waals surface area contributed by atoms with Crippen LogP contribution < -0.4 is 62.0 Å². The Kier molecular flexibility index (Phi) is 19.4. The van der Waals surface area contributed by atoms with Crippen LogP contribution in [0.3, 0.4) is 0 Å². The van der Waals surface area contributed by atoms with Crippen LogP contribution >= 0.6 is 22.7 Å². The highest BCUT2D eigenvalue weighted by Crippen LogP contribution is 2.39. The Hall–Kier alpha value is -10.5. The number of methoxy groups -OCH3 is 2. The number of rotatable bonds is 25. The molecule has 1 unspecified atom stereocenters. The topological polar surface area (TPSA) is 232 Å². The van der Waals surface area contributed by atoms with Crippen molar-refractivity contribution in [2.75, 3.05) is 27.4 Å². The zero-order chi connectivity index (χ0) is 64.4. The first-order valence-corrected chi connectivity index (χ1v) is 32.8. The van der Waals surface area contributed by atoms with Gasteiger partial charge >= 0.3 is 13.7 Å². The maximum Gasteiger partial charge on any atom is 0.328 e. The van der Waals surface area contributed by atoms with Crippen molar-refractivity contribution in [3.8, 4) is 57.7 Å². The quantitative estimate of drug-likeness (QED) is 0.0310. The van der Waals surface area contributed by atoms with E-state index in [1.54, 1.807) is 14.2 Å². The average Bonchev–Trinajstić information content (AvgIpc) is 1.53. The maximum absolute atomic E-state index is 12.5. The third kappa shape index (κ3) is 13.5. The number of hydrogen-bond acceptors (Lipinski definition) is 14. The predicted octanol–water partition coefficient (Wildman–Crippen LogP) is 9.26. The van der Waals surface area contributed by atoms with Crippen molar-refractivity contribution in [2.24, 2.45) is 5.73 Å². The minimum atomic E-state index is -2.70. The maximum atomic E-state index is 12.5. The fourth-order valence-electron chi connectivity index (χ4n) is 11.9. The number of primary amides is 1. The lowest BCUT2D eigenvalue weighted by atomic mass is 9.50. The first-order valence-electron chi connectivity index (χ1n) is 30.1. The van der Waals surface area contributed by atoms with E-state index < -0.39 is 30.9 Å². The van der Waals surface area contributed by atoms with Crippen LogP contribution in [0.15, 0.2) is 206 Å². The second-order valence-electron chi connectivity index (χ2n) is 21.9. The zero-order valence-electron chi connectivity index (χ0n) is 50.7. The summed E-state index contributed by atoms with van der Waals surface area (Å²) in [6.45, 7) is -0.728. The molecule has 12 rings (SSSR count). The summed E-state index contributed by atoms with van der Waals surface area (Å²) in [5.41, 5.74) is 13.7. The molecule has 1 atom stereocenters. The molecule has 93 heavy (non-hydrogen) atoms. The van der Waals surface area contributed by atoms with Gasteiger partial charge in [0.25, 0.3) is 0 Å². The van der Waals surface area contributed by atoms with E-state index in [0.717, 1.165) is 36.8 Å². The highest BCUT2D eigenvalue weighted by molar-refractivity contribution is 7.77. The van der Waals surface area contributed by atoms with Gasteiger partial charge in [-0.05, 0) is 110 Å². The van der Waals surface area contributed by atoms with Crippen molar-refractivity contribution >= 4 is 124 Å². The number of nitrogens with two attached hydrogens (primary N) is 1. The highest BCUT2D eigenvalue weighted by Gasteiger charge is 2.38. The van der Waals surface area contributed by atoms with E-state index in [1.165, 1.54) is 22.7 Å². The number of benzene rings is 8. The molecule has 0 radical (unpaired) electrons. The van der Waals surface area contributed by atoms with Crippen molar-refractivity contribution in [1.29, 1.82) is 10.5 Å². The SMILES string of the molecule is COc1ccc2sc(/C(C#N)=c3/c4c(-c5ccc(OCCCCC(=O)NS(=O)[O-])cc5)n(B(c5ccccc5)c5ccccc5)/c(=C(/C#N)c5nc6cc(OC)ccc6s5)c4c(-c4ccc(OCCCCC(N)=O)cc4)n3B(c3ccccc3)c3ccccc3)nc2c1. The second-order valence-corrected chi connectivity index (χ2v) is 24.6. The van der Waals surface area contributed by atoms with Gasteiger partial charge in [0.05, 0.1) is 58.6 Å². The lowest BCUT2D eigenvalue weighted by molar-refractivity contribution is -0.119. The number of ether oxygens (including phenoxy) is 4.